The van der Waals surface area contributed by atoms with Gasteiger partial charge in [-0.1, -0.05) is 17.4 Å². The normalized spacial score (nSPS) is 11.5. The van der Waals surface area contributed by atoms with Gasteiger partial charge in [-0.25, -0.2) is 13.4 Å². The molecule has 0 unspecified atom stereocenters. The van der Waals surface area contributed by atoms with Crippen LogP contribution in [0.3, 0.4) is 0 Å². The van der Waals surface area contributed by atoms with E-state index in [4.69, 9.17) is 0 Å². The Morgan fingerprint density at radius 3 is 2.62 bits per heavy atom. The maximum Gasteiger partial charge on any atom is 0.308 e. The molecule has 0 fully saturated rings. The molecular weight excluding hydrogens is 252 g/mol. The molecule has 2 aromatic rings. The first-order chi connectivity index (χ1) is 7.51. The summed E-state index contributed by atoms with van der Waals surface area (Å²) < 4.78 is 23.4. The Hall–Kier alpha value is -1.67. The average molecular weight is 258 g/mol. The summed E-state index contributed by atoms with van der Waals surface area (Å²) in [5.74, 6) is -0.652. The number of hydrogen-bond acceptors (Lipinski definition) is 6. The Morgan fingerprint density at radius 2 is 2.12 bits per heavy atom. The van der Waals surface area contributed by atoms with Gasteiger partial charge in [-0.05, 0) is 12.1 Å². The quantitative estimate of drug-likeness (QED) is 0.810. The molecule has 0 amide bonds. The minimum Gasteiger partial charge on any atom is -0.493 e. The van der Waals surface area contributed by atoms with Crippen LogP contribution >= 0.6 is 11.3 Å². The van der Waals surface area contributed by atoms with Crippen molar-refractivity contribution in [2.24, 2.45) is 0 Å². The van der Waals surface area contributed by atoms with E-state index >= 15 is 0 Å². The molecule has 0 bridgehead atoms. The van der Waals surface area contributed by atoms with Gasteiger partial charge in [0.2, 0.25) is 15.7 Å². The number of aromatic hydroxyl groups is 1. The van der Waals surface area contributed by atoms with Crippen molar-refractivity contribution < 1.29 is 13.5 Å². The monoisotopic (exact) mass is 258 g/mol. The number of nitrogens with zero attached hydrogens (tertiary/aromatic N) is 1. The van der Waals surface area contributed by atoms with E-state index in [0.29, 0.717) is 11.3 Å². The summed E-state index contributed by atoms with van der Waals surface area (Å²) in [6.45, 7) is 0. The lowest BCUT2D eigenvalue weighted by Crippen LogP contribution is -2.02. The fourth-order valence-corrected chi connectivity index (χ4v) is 3.43. The van der Waals surface area contributed by atoms with E-state index in [1.54, 1.807) is 6.07 Å². The van der Waals surface area contributed by atoms with Gasteiger partial charge in [-0.15, -0.1) is 0 Å². The fourth-order valence-electron chi connectivity index (χ4n) is 1.09. The molecule has 0 saturated heterocycles. The van der Waals surface area contributed by atoms with Crippen molar-refractivity contribution in [3.63, 3.8) is 0 Å². The Labute approximate surface area is 94.1 Å². The molecule has 84 valence electrons. The van der Waals surface area contributed by atoms with E-state index in [1.165, 1.54) is 18.3 Å². The second-order valence-corrected chi connectivity index (χ2v) is 5.90. The molecule has 16 heavy (non-hydrogen) atoms. The molecule has 0 aliphatic heterocycles. The van der Waals surface area contributed by atoms with Crippen LogP contribution in [0.1, 0.15) is 0 Å². The van der Waals surface area contributed by atoms with Gasteiger partial charge in [-0.2, -0.15) is 0 Å². The molecule has 0 aliphatic carbocycles. The molecule has 0 spiro atoms. The van der Waals surface area contributed by atoms with E-state index in [0.717, 1.165) is 0 Å². The highest BCUT2D eigenvalue weighted by Gasteiger charge is 2.25. The van der Waals surface area contributed by atoms with Gasteiger partial charge >= 0.3 is 4.87 Å². The molecule has 0 aliphatic rings. The number of hydrogen-bond donors (Lipinski definition) is 2. The molecular formula is C8H6N2O4S2. The third-order valence-electron chi connectivity index (χ3n) is 1.76. The van der Waals surface area contributed by atoms with Crippen molar-refractivity contribution in [3.8, 4) is 5.88 Å². The number of pyridine rings is 1. The maximum atomic E-state index is 11.9. The first kappa shape index (κ1) is 10.8. The number of nitrogens with one attached hydrogen (secondary N) is 1. The SMILES string of the molecule is O=c1[nH]c(O)c(S(=O)(=O)c2ccccn2)s1. The topological polar surface area (TPSA) is 100 Å². The minimum atomic E-state index is -3.92. The van der Waals surface area contributed by atoms with Gasteiger partial charge in [0.15, 0.2) is 9.24 Å². The smallest absolute Gasteiger partial charge is 0.308 e. The number of aromatic amines is 1. The van der Waals surface area contributed by atoms with Crippen LogP contribution in [0.15, 0.2) is 38.4 Å². The van der Waals surface area contributed by atoms with E-state index in [9.17, 15) is 18.3 Å². The molecule has 6 nitrogen and oxygen atoms in total. The maximum absolute atomic E-state index is 11.9. The van der Waals surface area contributed by atoms with Gasteiger partial charge < -0.3 is 5.11 Å². The van der Waals surface area contributed by atoms with Gasteiger partial charge in [0.05, 0.1) is 0 Å². The molecule has 0 radical (unpaired) electrons. The molecule has 0 atom stereocenters. The Kier molecular flexibility index (Phi) is 2.52. The standard InChI is InChI=1S/C8H6N2O4S2/c11-6-7(15-8(12)10-6)16(13,14)5-3-1-2-4-9-5/h1-4,11H,(H,10,12). The summed E-state index contributed by atoms with van der Waals surface area (Å²) >= 11 is 0.427. The number of sulfone groups is 1. The van der Waals surface area contributed by atoms with Crippen molar-refractivity contribution >= 4 is 21.2 Å². The first-order valence-corrected chi connectivity index (χ1v) is 6.40. The summed E-state index contributed by atoms with van der Waals surface area (Å²) in [6.07, 6.45) is 1.32. The zero-order valence-corrected chi connectivity index (χ0v) is 9.38. The van der Waals surface area contributed by atoms with Crippen LogP contribution in [0.2, 0.25) is 0 Å². The molecule has 8 heteroatoms. The lowest BCUT2D eigenvalue weighted by molar-refractivity contribution is 0.442. The third-order valence-corrected chi connectivity index (χ3v) is 4.80. The van der Waals surface area contributed by atoms with E-state index < -0.39 is 24.8 Å². The van der Waals surface area contributed by atoms with Crippen LogP contribution in [-0.2, 0) is 9.84 Å². The van der Waals surface area contributed by atoms with Gasteiger partial charge in [-0.3, -0.25) is 9.78 Å². The fraction of sp³-hybridized carbons (Fsp3) is 0. The third kappa shape index (κ3) is 1.72. The van der Waals surface area contributed by atoms with Crippen molar-refractivity contribution in [2.45, 2.75) is 9.24 Å². The Morgan fingerprint density at radius 1 is 1.38 bits per heavy atom. The van der Waals surface area contributed by atoms with Crippen LogP contribution in [0, 0.1) is 0 Å². The van der Waals surface area contributed by atoms with E-state index in [1.807, 2.05) is 4.98 Å². The average Bonchev–Trinajstić information content (AvgIpc) is 2.60. The van der Waals surface area contributed by atoms with Crippen molar-refractivity contribution in [1.82, 2.24) is 9.97 Å². The summed E-state index contributed by atoms with van der Waals surface area (Å²) in [5.41, 5.74) is 0. The van der Waals surface area contributed by atoms with Crippen molar-refractivity contribution in [1.29, 1.82) is 0 Å². The number of H-pyrrole nitrogens is 1. The summed E-state index contributed by atoms with van der Waals surface area (Å²) in [6, 6.07) is 4.36. The molecule has 2 heterocycles. The number of thiazole rings is 1. The van der Waals surface area contributed by atoms with Crippen LogP contribution in [0.4, 0.5) is 0 Å². The predicted octanol–water partition coefficient (Wildman–Crippen LogP) is 0.370. The molecule has 0 aromatic carbocycles. The number of aromatic nitrogens is 2. The second kappa shape index (κ2) is 3.72. The van der Waals surface area contributed by atoms with Crippen LogP contribution < -0.4 is 4.87 Å². The van der Waals surface area contributed by atoms with Crippen molar-refractivity contribution in [3.05, 3.63) is 34.1 Å². The molecule has 0 saturated carbocycles. The lowest BCUT2D eigenvalue weighted by Gasteiger charge is -1.99. The largest absolute Gasteiger partial charge is 0.493 e. The van der Waals surface area contributed by atoms with Crippen LogP contribution in [0.25, 0.3) is 0 Å². The Balaban J connectivity index is 2.65. The number of rotatable bonds is 2. The highest BCUT2D eigenvalue weighted by molar-refractivity contribution is 7.93. The van der Waals surface area contributed by atoms with Gasteiger partial charge in [0, 0.05) is 6.20 Å². The molecule has 2 N–H and O–H groups in total. The van der Waals surface area contributed by atoms with Crippen LogP contribution in [0.5, 0.6) is 5.88 Å². The van der Waals surface area contributed by atoms with Crippen molar-refractivity contribution in [2.75, 3.05) is 0 Å². The lowest BCUT2D eigenvalue weighted by atomic mass is 10.5. The minimum absolute atomic E-state index is 0.208. The van der Waals surface area contributed by atoms with Gasteiger partial charge in [0.25, 0.3) is 0 Å². The second-order valence-electron chi connectivity index (χ2n) is 2.82. The highest BCUT2D eigenvalue weighted by atomic mass is 32.2. The Bertz CT molecular complexity index is 657. The van der Waals surface area contributed by atoms with Gasteiger partial charge in [0.1, 0.15) is 0 Å². The summed E-state index contributed by atoms with van der Waals surface area (Å²) in [5, 5.41) is 9.07. The molecule has 2 rings (SSSR count). The van der Waals surface area contributed by atoms with E-state index in [-0.39, 0.29) is 5.03 Å². The zero-order chi connectivity index (χ0) is 11.8. The molecule has 2 aromatic heterocycles. The summed E-state index contributed by atoms with van der Waals surface area (Å²) in [7, 11) is -3.92. The first-order valence-electron chi connectivity index (χ1n) is 4.10. The highest BCUT2D eigenvalue weighted by Crippen LogP contribution is 2.27. The van der Waals surface area contributed by atoms with E-state index in [2.05, 4.69) is 4.98 Å². The van der Waals surface area contributed by atoms with Crippen LogP contribution in [-0.4, -0.2) is 23.5 Å². The predicted molar refractivity (Wildman–Crippen MR) is 56.3 cm³/mol. The zero-order valence-electron chi connectivity index (χ0n) is 7.75. The summed E-state index contributed by atoms with van der Waals surface area (Å²) in [4.78, 5) is 15.9.